The van der Waals surface area contributed by atoms with E-state index < -0.39 is 8.32 Å². The molecule has 0 saturated heterocycles. The number of hydrogen-bond acceptors (Lipinski definition) is 1. The van der Waals surface area contributed by atoms with Crippen LogP contribution in [0.2, 0.25) is 18.1 Å². The van der Waals surface area contributed by atoms with E-state index in [2.05, 4.69) is 56.5 Å². The molecule has 0 spiro atoms. The van der Waals surface area contributed by atoms with E-state index in [0.717, 1.165) is 18.4 Å². The third-order valence-electron chi connectivity index (χ3n) is 4.67. The summed E-state index contributed by atoms with van der Waals surface area (Å²) in [7, 11) is -1.52. The average molecular weight is 368 g/mol. The molecule has 0 heterocycles. The molecule has 0 aromatic rings. The van der Waals surface area contributed by atoms with Gasteiger partial charge in [0.1, 0.15) is 0 Å². The predicted octanol–water partition coefficient (Wildman–Crippen LogP) is 5.25. The van der Waals surface area contributed by atoms with Gasteiger partial charge in [-0.15, -0.1) is 0 Å². The molecule has 1 saturated carbocycles. The summed E-state index contributed by atoms with van der Waals surface area (Å²) >= 11 is 2.53. The van der Waals surface area contributed by atoms with E-state index >= 15 is 0 Å². The third-order valence-corrected chi connectivity index (χ3v) is 10.4. The van der Waals surface area contributed by atoms with Crippen LogP contribution in [0, 0.1) is 11.8 Å². The van der Waals surface area contributed by atoms with Crippen LogP contribution in [0.25, 0.3) is 0 Å². The molecule has 1 aliphatic carbocycles. The number of rotatable bonds is 4. The summed E-state index contributed by atoms with van der Waals surface area (Å²) in [5.74, 6) is 1.82. The van der Waals surface area contributed by atoms with Crippen LogP contribution < -0.4 is 0 Å². The fraction of sp³-hybridized carbons (Fsp3) is 1.00. The van der Waals surface area contributed by atoms with Crippen LogP contribution in [-0.4, -0.2) is 19.4 Å². The zero-order valence-electron chi connectivity index (χ0n) is 12.2. The Hall–Kier alpha value is 0.907. The standard InChI is InChI=1S/C14H29IOSi/c1-14(2,3)17(4,5)16-11-13-8-6-12(10-15)7-9-13/h12-13H,6-11H2,1-5H3/t12-,13-. The molecular weight excluding hydrogens is 339 g/mol. The third kappa shape index (κ3) is 4.82. The van der Waals surface area contributed by atoms with Crippen molar-refractivity contribution in [3.63, 3.8) is 0 Å². The number of halogens is 1. The second-order valence-corrected chi connectivity index (χ2v) is 12.8. The van der Waals surface area contributed by atoms with Gasteiger partial charge in [0.2, 0.25) is 0 Å². The lowest BCUT2D eigenvalue weighted by Crippen LogP contribution is -2.42. The Morgan fingerprint density at radius 1 is 1.06 bits per heavy atom. The second-order valence-electron chi connectivity index (χ2n) is 7.11. The van der Waals surface area contributed by atoms with Gasteiger partial charge in [-0.25, -0.2) is 0 Å². The Bertz CT molecular complexity index is 227. The zero-order chi connectivity index (χ0) is 13.1. The van der Waals surface area contributed by atoms with E-state index in [1.807, 2.05) is 0 Å². The van der Waals surface area contributed by atoms with Gasteiger partial charge in [-0.1, -0.05) is 43.4 Å². The van der Waals surface area contributed by atoms with Gasteiger partial charge in [-0.05, 0) is 55.7 Å². The highest BCUT2D eigenvalue weighted by molar-refractivity contribution is 14.1. The first kappa shape index (κ1) is 16.0. The molecule has 17 heavy (non-hydrogen) atoms. The van der Waals surface area contributed by atoms with E-state index in [1.54, 1.807) is 0 Å². The highest BCUT2D eigenvalue weighted by Gasteiger charge is 2.37. The van der Waals surface area contributed by atoms with Crippen LogP contribution in [0.3, 0.4) is 0 Å². The summed E-state index contributed by atoms with van der Waals surface area (Å²) in [6, 6.07) is 0. The Balaban J connectivity index is 2.33. The molecule has 0 aromatic heterocycles. The molecule has 1 rings (SSSR count). The summed E-state index contributed by atoms with van der Waals surface area (Å²) in [6.07, 6.45) is 5.63. The van der Waals surface area contributed by atoms with E-state index in [9.17, 15) is 0 Å². The van der Waals surface area contributed by atoms with Gasteiger partial charge in [0.05, 0.1) is 0 Å². The van der Waals surface area contributed by atoms with E-state index in [1.165, 1.54) is 30.1 Å². The van der Waals surface area contributed by atoms with Gasteiger partial charge in [0, 0.05) is 11.0 Å². The molecule has 102 valence electrons. The van der Waals surface area contributed by atoms with E-state index in [4.69, 9.17) is 4.43 Å². The molecule has 0 amide bonds. The maximum absolute atomic E-state index is 6.34. The lowest BCUT2D eigenvalue weighted by molar-refractivity contribution is 0.177. The lowest BCUT2D eigenvalue weighted by atomic mass is 9.83. The topological polar surface area (TPSA) is 9.23 Å². The normalized spacial score (nSPS) is 27.2. The van der Waals surface area contributed by atoms with Crippen LogP contribution in [0.4, 0.5) is 0 Å². The summed E-state index contributed by atoms with van der Waals surface area (Å²) in [4.78, 5) is 0. The smallest absolute Gasteiger partial charge is 0.191 e. The van der Waals surface area contributed by atoms with Crippen molar-refractivity contribution >= 4 is 30.9 Å². The first-order valence-corrected chi connectivity index (χ1v) is 11.4. The summed E-state index contributed by atoms with van der Waals surface area (Å²) in [5.41, 5.74) is 0. The maximum Gasteiger partial charge on any atom is 0.191 e. The van der Waals surface area contributed by atoms with Crippen molar-refractivity contribution < 1.29 is 4.43 Å². The minimum absolute atomic E-state index is 0.354. The van der Waals surface area contributed by atoms with E-state index in [-0.39, 0.29) is 0 Å². The fourth-order valence-electron chi connectivity index (χ4n) is 2.10. The molecule has 0 N–H and O–H groups in total. The highest BCUT2D eigenvalue weighted by atomic mass is 127. The van der Waals surface area contributed by atoms with Crippen molar-refractivity contribution in [3.8, 4) is 0 Å². The monoisotopic (exact) mass is 368 g/mol. The van der Waals surface area contributed by atoms with Gasteiger partial charge < -0.3 is 4.43 Å². The largest absolute Gasteiger partial charge is 0.417 e. The van der Waals surface area contributed by atoms with Crippen LogP contribution in [-0.2, 0) is 4.43 Å². The lowest BCUT2D eigenvalue weighted by Gasteiger charge is -2.38. The molecule has 0 bridgehead atoms. The van der Waals surface area contributed by atoms with Crippen molar-refractivity contribution in [2.75, 3.05) is 11.0 Å². The summed E-state index contributed by atoms with van der Waals surface area (Å²) in [5, 5.41) is 0.354. The second kappa shape index (κ2) is 6.37. The van der Waals surface area contributed by atoms with Crippen molar-refractivity contribution in [2.24, 2.45) is 11.8 Å². The van der Waals surface area contributed by atoms with Crippen molar-refractivity contribution in [1.82, 2.24) is 0 Å². The van der Waals surface area contributed by atoms with Gasteiger partial charge in [-0.3, -0.25) is 0 Å². The van der Waals surface area contributed by atoms with Crippen LogP contribution in [0.15, 0.2) is 0 Å². The van der Waals surface area contributed by atoms with Crippen molar-refractivity contribution in [2.45, 2.75) is 64.6 Å². The minimum Gasteiger partial charge on any atom is -0.417 e. The minimum atomic E-state index is -1.52. The average Bonchev–Trinajstić information content (AvgIpc) is 2.25. The SMILES string of the molecule is CC(C)(C)[Si](C)(C)OC[C@H]1CC[C@H](CI)CC1. The molecule has 0 atom stereocenters. The molecule has 1 fully saturated rings. The van der Waals surface area contributed by atoms with Gasteiger partial charge in [0.15, 0.2) is 8.32 Å². The zero-order valence-corrected chi connectivity index (χ0v) is 15.3. The van der Waals surface area contributed by atoms with Crippen LogP contribution in [0.5, 0.6) is 0 Å². The van der Waals surface area contributed by atoms with E-state index in [0.29, 0.717) is 5.04 Å². The van der Waals surface area contributed by atoms with Crippen molar-refractivity contribution in [1.29, 1.82) is 0 Å². The summed E-state index contributed by atoms with van der Waals surface area (Å²) in [6.45, 7) is 12.7. The Kier molecular flexibility index (Phi) is 5.98. The first-order chi connectivity index (χ1) is 7.76. The maximum atomic E-state index is 6.34. The summed E-state index contributed by atoms with van der Waals surface area (Å²) < 4.78 is 7.68. The highest BCUT2D eigenvalue weighted by Crippen LogP contribution is 2.38. The Labute approximate surface area is 122 Å². The van der Waals surface area contributed by atoms with Gasteiger partial charge in [0.25, 0.3) is 0 Å². The quantitative estimate of drug-likeness (QED) is 0.374. The van der Waals surface area contributed by atoms with Gasteiger partial charge >= 0.3 is 0 Å². The van der Waals surface area contributed by atoms with Gasteiger partial charge in [-0.2, -0.15) is 0 Å². The molecular formula is C14H29IOSi. The van der Waals surface area contributed by atoms with Crippen molar-refractivity contribution in [3.05, 3.63) is 0 Å². The fourth-order valence-corrected chi connectivity index (χ4v) is 4.06. The number of hydrogen-bond donors (Lipinski definition) is 0. The Morgan fingerprint density at radius 2 is 1.53 bits per heavy atom. The molecule has 0 radical (unpaired) electrons. The Morgan fingerprint density at radius 3 is 1.94 bits per heavy atom. The van der Waals surface area contributed by atoms with Crippen LogP contribution >= 0.6 is 22.6 Å². The molecule has 1 nitrogen and oxygen atoms in total. The molecule has 0 aliphatic heterocycles. The molecule has 3 heteroatoms. The molecule has 0 aromatic carbocycles. The predicted molar refractivity (Wildman–Crippen MR) is 87.5 cm³/mol. The van der Waals surface area contributed by atoms with Crippen LogP contribution in [0.1, 0.15) is 46.5 Å². The first-order valence-electron chi connectivity index (χ1n) is 6.96. The molecule has 1 aliphatic rings. The number of alkyl halides is 1. The molecule has 0 unspecified atom stereocenters.